The molecule has 0 unspecified atom stereocenters. The minimum Gasteiger partial charge on any atom is -0.241 e. The standard InChI is InChI=1S/C14H15ClN2/c1-10-3-11(2)5-12(4-10)6-14-16-8-13(7-15)9-17-14/h3-5,8-9H,6-7H2,1-2H3. The van der Waals surface area contributed by atoms with E-state index in [1.807, 2.05) is 0 Å². The molecule has 0 fully saturated rings. The summed E-state index contributed by atoms with van der Waals surface area (Å²) in [5.41, 5.74) is 4.76. The van der Waals surface area contributed by atoms with Gasteiger partial charge in [-0.3, -0.25) is 0 Å². The van der Waals surface area contributed by atoms with E-state index >= 15 is 0 Å². The maximum atomic E-state index is 5.70. The normalized spacial score (nSPS) is 10.5. The summed E-state index contributed by atoms with van der Waals surface area (Å²) < 4.78 is 0. The predicted molar refractivity (Wildman–Crippen MR) is 70.3 cm³/mol. The Balaban J connectivity index is 2.19. The first-order valence-electron chi connectivity index (χ1n) is 5.60. The molecule has 17 heavy (non-hydrogen) atoms. The molecule has 1 heterocycles. The molecule has 2 nitrogen and oxygen atoms in total. The lowest BCUT2D eigenvalue weighted by Gasteiger charge is -2.04. The zero-order valence-electron chi connectivity index (χ0n) is 10.1. The SMILES string of the molecule is Cc1cc(C)cc(Cc2ncc(CCl)cn2)c1. The predicted octanol–water partition coefficient (Wildman–Crippen LogP) is 3.42. The summed E-state index contributed by atoms with van der Waals surface area (Å²) in [5.74, 6) is 1.30. The quantitative estimate of drug-likeness (QED) is 0.776. The van der Waals surface area contributed by atoms with E-state index in [4.69, 9.17) is 11.6 Å². The van der Waals surface area contributed by atoms with Crippen LogP contribution in [-0.2, 0) is 12.3 Å². The smallest absolute Gasteiger partial charge is 0.132 e. The van der Waals surface area contributed by atoms with Crippen LogP contribution in [0.5, 0.6) is 0 Å². The van der Waals surface area contributed by atoms with Gasteiger partial charge in [0.05, 0.1) is 5.88 Å². The van der Waals surface area contributed by atoms with Crippen molar-refractivity contribution in [1.82, 2.24) is 9.97 Å². The minimum absolute atomic E-state index is 0.462. The molecule has 3 heteroatoms. The van der Waals surface area contributed by atoms with Gasteiger partial charge >= 0.3 is 0 Å². The third-order valence-corrected chi connectivity index (χ3v) is 2.87. The van der Waals surface area contributed by atoms with Gasteiger partial charge in [0.2, 0.25) is 0 Å². The van der Waals surface area contributed by atoms with Gasteiger partial charge in [0.1, 0.15) is 5.82 Å². The van der Waals surface area contributed by atoms with Crippen molar-refractivity contribution in [2.45, 2.75) is 26.1 Å². The Morgan fingerprint density at radius 1 is 0.941 bits per heavy atom. The second kappa shape index (κ2) is 5.28. The molecule has 88 valence electrons. The van der Waals surface area contributed by atoms with Crippen LogP contribution in [0.2, 0.25) is 0 Å². The maximum absolute atomic E-state index is 5.70. The Bertz CT molecular complexity index is 486. The van der Waals surface area contributed by atoms with Gasteiger partial charge in [0.15, 0.2) is 0 Å². The van der Waals surface area contributed by atoms with Gasteiger partial charge in [-0.1, -0.05) is 29.3 Å². The summed E-state index contributed by atoms with van der Waals surface area (Å²) in [6, 6.07) is 6.51. The minimum atomic E-state index is 0.462. The van der Waals surface area contributed by atoms with Gasteiger partial charge in [-0.2, -0.15) is 0 Å². The van der Waals surface area contributed by atoms with Crippen molar-refractivity contribution in [2.24, 2.45) is 0 Å². The summed E-state index contributed by atoms with van der Waals surface area (Å²) in [7, 11) is 0. The van der Waals surface area contributed by atoms with Crippen molar-refractivity contribution in [3.63, 3.8) is 0 Å². The van der Waals surface area contributed by atoms with Gasteiger partial charge in [-0.25, -0.2) is 9.97 Å². The van der Waals surface area contributed by atoms with E-state index in [1.54, 1.807) is 12.4 Å². The van der Waals surface area contributed by atoms with Gasteiger partial charge in [-0.15, -0.1) is 11.6 Å². The summed E-state index contributed by atoms with van der Waals surface area (Å²) in [5, 5.41) is 0. The van der Waals surface area contributed by atoms with Gasteiger partial charge in [-0.05, 0) is 19.4 Å². The molecule has 0 aliphatic carbocycles. The first kappa shape index (κ1) is 12.1. The molecule has 0 bridgehead atoms. The zero-order chi connectivity index (χ0) is 12.3. The van der Waals surface area contributed by atoms with Crippen LogP contribution in [0.1, 0.15) is 28.1 Å². The molecular formula is C14H15ClN2. The highest BCUT2D eigenvalue weighted by atomic mass is 35.5. The fraction of sp³-hybridized carbons (Fsp3) is 0.286. The Kier molecular flexibility index (Phi) is 3.75. The largest absolute Gasteiger partial charge is 0.241 e. The van der Waals surface area contributed by atoms with Crippen LogP contribution >= 0.6 is 11.6 Å². The Hall–Kier alpha value is -1.41. The molecular weight excluding hydrogens is 232 g/mol. The highest BCUT2D eigenvalue weighted by Gasteiger charge is 2.01. The summed E-state index contributed by atoms with van der Waals surface area (Å²) >= 11 is 5.70. The van der Waals surface area contributed by atoms with E-state index in [1.165, 1.54) is 16.7 Å². The Labute approximate surface area is 107 Å². The molecule has 0 spiro atoms. The molecule has 0 N–H and O–H groups in total. The van der Waals surface area contributed by atoms with Crippen LogP contribution < -0.4 is 0 Å². The third kappa shape index (κ3) is 3.27. The fourth-order valence-corrected chi connectivity index (χ4v) is 2.03. The third-order valence-electron chi connectivity index (χ3n) is 2.56. The second-order valence-electron chi connectivity index (χ2n) is 4.31. The van der Waals surface area contributed by atoms with Crippen LogP contribution in [0.25, 0.3) is 0 Å². The van der Waals surface area contributed by atoms with E-state index < -0.39 is 0 Å². The van der Waals surface area contributed by atoms with Crippen LogP contribution in [0, 0.1) is 13.8 Å². The first-order chi connectivity index (χ1) is 8.17. The van der Waals surface area contributed by atoms with Crippen molar-refractivity contribution in [2.75, 3.05) is 0 Å². The van der Waals surface area contributed by atoms with Crippen LogP contribution in [0.15, 0.2) is 30.6 Å². The second-order valence-corrected chi connectivity index (χ2v) is 4.58. The van der Waals surface area contributed by atoms with Crippen molar-refractivity contribution in [1.29, 1.82) is 0 Å². The lowest BCUT2D eigenvalue weighted by atomic mass is 10.0. The number of hydrogen-bond donors (Lipinski definition) is 0. The van der Waals surface area contributed by atoms with Gasteiger partial charge in [0, 0.05) is 24.4 Å². The summed E-state index contributed by atoms with van der Waals surface area (Å²) in [4.78, 5) is 8.62. The molecule has 0 aliphatic rings. The number of rotatable bonds is 3. The molecule has 0 amide bonds. The first-order valence-corrected chi connectivity index (χ1v) is 6.14. The van der Waals surface area contributed by atoms with Crippen LogP contribution in [0.4, 0.5) is 0 Å². The average Bonchev–Trinajstić information content (AvgIpc) is 2.28. The molecule has 2 rings (SSSR count). The van der Waals surface area contributed by atoms with E-state index in [2.05, 4.69) is 42.0 Å². The van der Waals surface area contributed by atoms with Gasteiger partial charge < -0.3 is 0 Å². The molecule has 2 aromatic rings. The van der Waals surface area contributed by atoms with Crippen molar-refractivity contribution >= 4 is 11.6 Å². The molecule has 1 aromatic heterocycles. The highest BCUT2D eigenvalue weighted by molar-refractivity contribution is 6.17. The number of aromatic nitrogens is 2. The molecule has 0 saturated carbocycles. The van der Waals surface area contributed by atoms with Crippen molar-refractivity contribution < 1.29 is 0 Å². The number of alkyl halides is 1. The zero-order valence-corrected chi connectivity index (χ0v) is 10.8. The maximum Gasteiger partial charge on any atom is 0.132 e. The summed E-state index contributed by atoms with van der Waals surface area (Å²) in [6.45, 7) is 4.21. The molecule has 0 aliphatic heterocycles. The highest BCUT2D eigenvalue weighted by Crippen LogP contribution is 2.12. The van der Waals surface area contributed by atoms with E-state index in [0.717, 1.165) is 17.8 Å². The van der Waals surface area contributed by atoms with E-state index in [-0.39, 0.29) is 0 Å². The average molecular weight is 247 g/mol. The van der Waals surface area contributed by atoms with Gasteiger partial charge in [0.25, 0.3) is 0 Å². The molecule has 0 radical (unpaired) electrons. The van der Waals surface area contributed by atoms with Crippen molar-refractivity contribution in [3.05, 3.63) is 58.7 Å². The topological polar surface area (TPSA) is 25.8 Å². The summed E-state index contributed by atoms with van der Waals surface area (Å²) in [6.07, 6.45) is 4.35. The molecule has 1 aromatic carbocycles. The van der Waals surface area contributed by atoms with Crippen LogP contribution in [0.3, 0.4) is 0 Å². The Morgan fingerprint density at radius 3 is 2.06 bits per heavy atom. The lowest BCUT2D eigenvalue weighted by Crippen LogP contribution is -1.98. The fourth-order valence-electron chi connectivity index (χ4n) is 1.90. The lowest BCUT2D eigenvalue weighted by molar-refractivity contribution is 0.950. The number of hydrogen-bond acceptors (Lipinski definition) is 2. The van der Waals surface area contributed by atoms with Crippen LogP contribution in [-0.4, -0.2) is 9.97 Å². The number of nitrogens with zero attached hydrogens (tertiary/aromatic N) is 2. The van der Waals surface area contributed by atoms with E-state index in [9.17, 15) is 0 Å². The Morgan fingerprint density at radius 2 is 1.53 bits per heavy atom. The number of aryl methyl sites for hydroxylation is 2. The molecule has 0 atom stereocenters. The monoisotopic (exact) mass is 246 g/mol. The van der Waals surface area contributed by atoms with Crippen molar-refractivity contribution in [3.8, 4) is 0 Å². The molecule has 0 saturated heterocycles. The number of halogens is 1. The van der Waals surface area contributed by atoms with E-state index in [0.29, 0.717) is 5.88 Å². The number of benzene rings is 1.